The van der Waals surface area contributed by atoms with Gasteiger partial charge in [-0.15, -0.1) is 11.3 Å². The molecule has 5 rings (SSSR count). The highest BCUT2D eigenvalue weighted by atomic mass is 32.1. The molecule has 0 unspecified atom stereocenters. The van der Waals surface area contributed by atoms with Crippen LogP contribution in [0.3, 0.4) is 0 Å². The van der Waals surface area contributed by atoms with Crippen LogP contribution in [0.25, 0.3) is 42.6 Å². The summed E-state index contributed by atoms with van der Waals surface area (Å²) >= 11 is 1.56. The number of nitriles is 1. The molecule has 0 aliphatic rings. The highest BCUT2D eigenvalue weighted by Crippen LogP contribution is 2.40. The number of thiazole rings is 1. The van der Waals surface area contributed by atoms with Gasteiger partial charge in [0.15, 0.2) is 0 Å². The van der Waals surface area contributed by atoms with Crippen LogP contribution in [-0.4, -0.2) is 15.9 Å². The van der Waals surface area contributed by atoms with Crippen molar-refractivity contribution in [2.75, 3.05) is 5.32 Å². The minimum Gasteiger partial charge on any atom is -0.353 e. The third-order valence-corrected chi connectivity index (χ3v) is 5.92. The molecule has 6 heteroatoms. The first-order valence-corrected chi connectivity index (χ1v) is 9.77. The predicted molar refractivity (Wildman–Crippen MR) is 118 cm³/mol. The van der Waals surface area contributed by atoms with E-state index in [1.54, 1.807) is 11.3 Å². The molecule has 0 aliphatic carbocycles. The Balaban J connectivity index is 1.79. The Kier molecular flexibility index (Phi) is 3.90. The fraction of sp³-hybridized carbons (Fsp3) is 0. The summed E-state index contributed by atoms with van der Waals surface area (Å²) < 4.78 is 1.07. The number of nitrogens with zero attached hydrogens (tertiary/aromatic N) is 2. The molecule has 29 heavy (non-hydrogen) atoms. The zero-order valence-electron chi connectivity index (χ0n) is 15.2. The van der Waals surface area contributed by atoms with E-state index in [0.717, 1.165) is 42.6 Å². The molecule has 0 saturated heterocycles. The number of anilines is 1. The average molecular weight is 394 g/mol. The maximum Gasteiger partial charge on any atom is 0.265 e. The standard InChI is InChI=1S/C23H14N4OS/c1-13(12-24)22(28)27-21-16(23-26-18-8-4-5-9-19(18)29-23)11-10-15-14-6-2-3-7-17(14)25-20(15)21/h2-11,25H,1H2,(H,27,28). The fourth-order valence-electron chi connectivity index (χ4n) is 3.45. The van der Waals surface area contributed by atoms with E-state index < -0.39 is 5.91 Å². The highest BCUT2D eigenvalue weighted by molar-refractivity contribution is 7.21. The number of H-pyrrole nitrogens is 1. The van der Waals surface area contributed by atoms with E-state index >= 15 is 0 Å². The number of aromatic amines is 1. The van der Waals surface area contributed by atoms with Crippen molar-refractivity contribution in [1.82, 2.24) is 9.97 Å². The number of para-hydroxylation sites is 2. The fourth-order valence-corrected chi connectivity index (χ4v) is 4.45. The zero-order chi connectivity index (χ0) is 20.0. The molecule has 0 atom stereocenters. The van der Waals surface area contributed by atoms with Gasteiger partial charge in [-0.25, -0.2) is 4.98 Å². The first-order chi connectivity index (χ1) is 14.2. The van der Waals surface area contributed by atoms with E-state index in [1.807, 2.05) is 66.7 Å². The second-order valence-corrected chi connectivity index (χ2v) is 7.64. The Bertz CT molecular complexity index is 1450. The minimum atomic E-state index is -0.527. The van der Waals surface area contributed by atoms with E-state index in [9.17, 15) is 4.79 Å². The van der Waals surface area contributed by atoms with Crippen LogP contribution in [0.4, 0.5) is 5.69 Å². The number of fused-ring (bicyclic) bond motifs is 4. The second-order valence-electron chi connectivity index (χ2n) is 6.61. The van der Waals surface area contributed by atoms with Gasteiger partial charge in [0.25, 0.3) is 5.91 Å². The van der Waals surface area contributed by atoms with Gasteiger partial charge in [0.1, 0.15) is 16.6 Å². The van der Waals surface area contributed by atoms with Gasteiger partial charge in [-0.1, -0.05) is 43.0 Å². The quantitative estimate of drug-likeness (QED) is 0.308. The van der Waals surface area contributed by atoms with Crippen LogP contribution in [0.2, 0.25) is 0 Å². The van der Waals surface area contributed by atoms with Gasteiger partial charge >= 0.3 is 0 Å². The van der Waals surface area contributed by atoms with Crippen LogP contribution in [-0.2, 0) is 4.79 Å². The summed E-state index contributed by atoms with van der Waals surface area (Å²) in [4.78, 5) is 20.6. The number of rotatable bonds is 3. The number of benzene rings is 3. The van der Waals surface area contributed by atoms with Gasteiger partial charge in [0.2, 0.25) is 0 Å². The number of aromatic nitrogens is 2. The Labute approximate surface area is 169 Å². The molecule has 5 nitrogen and oxygen atoms in total. The first kappa shape index (κ1) is 17.2. The molecular formula is C23H14N4OS. The van der Waals surface area contributed by atoms with Crippen molar-refractivity contribution in [1.29, 1.82) is 5.26 Å². The molecule has 0 spiro atoms. The SMILES string of the molecule is C=C(C#N)C(=O)Nc1c(-c2nc3ccccc3s2)ccc2c1[nH]c1ccccc12. The van der Waals surface area contributed by atoms with Gasteiger partial charge < -0.3 is 10.3 Å². The van der Waals surface area contributed by atoms with E-state index in [-0.39, 0.29) is 5.57 Å². The molecule has 2 N–H and O–H groups in total. The van der Waals surface area contributed by atoms with Gasteiger partial charge in [-0.2, -0.15) is 5.26 Å². The number of amides is 1. The molecule has 5 aromatic rings. The molecule has 2 heterocycles. The van der Waals surface area contributed by atoms with Crippen LogP contribution in [0.5, 0.6) is 0 Å². The lowest BCUT2D eigenvalue weighted by atomic mass is 10.1. The predicted octanol–water partition coefficient (Wildman–Crippen LogP) is 5.62. The summed E-state index contributed by atoms with van der Waals surface area (Å²) in [5, 5.41) is 14.8. The molecule has 1 amide bonds. The summed E-state index contributed by atoms with van der Waals surface area (Å²) in [7, 11) is 0. The van der Waals surface area contributed by atoms with Crippen LogP contribution >= 0.6 is 11.3 Å². The Morgan fingerprint density at radius 3 is 2.69 bits per heavy atom. The molecule has 0 aliphatic heterocycles. The van der Waals surface area contributed by atoms with Crippen molar-refractivity contribution in [2.45, 2.75) is 0 Å². The lowest BCUT2D eigenvalue weighted by Crippen LogP contribution is -2.13. The smallest absolute Gasteiger partial charge is 0.265 e. The third-order valence-electron chi connectivity index (χ3n) is 4.85. The highest BCUT2D eigenvalue weighted by Gasteiger charge is 2.19. The Hall–Kier alpha value is -3.95. The van der Waals surface area contributed by atoms with Gasteiger partial charge in [0.05, 0.1) is 21.4 Å². The lowest BCUT2D eigenvalue weighted by molar-refractivity contribution is -0.112. The van der Waals surface area contributed by atoms with E-state index in [1.165, 1.54) is 0 Å². The third kappa shape index (κ3) is 2.76. The number of hydrogen-bond acceptors (Lipinski definition) is 4. The van der Waals surface area contributed by atoms with E-state index in [4.69, 9.17) is 10.2 Å². The van der Waals surface area contributed by atoms with Crippen molar-refractivity contribution in [3.8, 4) is 16.6 Å². The zero-order valence-corrected chi connectivity index (χ0v) is 16.0. The molecule has 3 aromatic carbocycles. The number of nitrogens with one attached hydrogen (secondary N) is 2. The summed E-state index contributed by atoms with van der Waals surface area (Å²) in [6, 6.07) is 21.7. The number of carbonyl (C=O) groups excluding carboxylic acids is 1. The monoisotopic (exact) mass is 394 g/mol. The second kappa shape index (κ2) is 6.59. The largest absolute Gasteiger partial charge is 0.353 e. The number of carbonyl (C=O) groups is 1. The molecule has 2 aromatic heterocycles. The van der Waals surface area contributed by atoms with Crippen LogP contribution in [0.15, 0.2) is 72.8 Å². The van der Waals surface area contributed by atoms with Crippen molar-refractivity contribution >= 4 is 55.0 Å². The Morgan fingerprint density at radius 1 is 1.07 bits per heavy atom. The molecule has 138 valence electrons. The summed E-state index contributed by atoms with van der Waals surface area (Å²) in [5.41, 5.74) is 3.92. The van der Waals surface area contributed by atoms with Crippen LogP contribution in [0.1, 0.15) is 0 Å². The summed E-state index contributed by atoms with van der Waals surface area (Å²) in [6.07, 6.45) is 0. The Morgan fingerprint density at radius 2 is 1.86 bits per heavy atom. The van der Waals surface area contributed by atoms with Gasteiger partial charge in [0, 0.05) is 21.9 Å². The summed E-state index contributed by atoms with van der Waals surface area (Å²) in [5.74, 6) is -0.527. The molecule has 0 radical (unpaired) electrons. The van der Waals surface area contributed by atoms with Crippen molar-refractivity contribution in [3.05, 3.63) is 72.8 Å². The maximum absolute atomic E-state index is 12.5. The van der Waals surface area contributed by atoms with Crippen molar-refractivity contribution in [2.24, 2.45) is 0 Å². The number of hydrogen-bond donors (Lipinski definition) is 2. The maximum atomic E-state index is 12.5. The first-order valence-electron chi connectivity index (χ1n) is 8.95. The minimum absolute atomic E-state index is 0.145. The van der Waals surface area contributed by atoms with Crippen molar-refractivity contribution < 1.29 is 4.79 Å². The van der Waals surface area contributed by atoms with Crippen LogP contribution < -0.4 is 5.32 Å². The van der Waals surface area contributed by atoms with Gasteiger partial charge in [-0.05, 0) is 24.3 Å². The van der Waals surface area contributed by atoms with Gasteiger partial charge in [-0.3, -0.25) is 4.79 Å². The van der Waals surface area contributed by atoms with E-state index in [2.05, 4.69) is 16.9 Å². The van der Waals surface area contributed by atoms with Crippen LogP contribution in [0, 0.1) is 11.3 Å². The van der Waals surface area contributed by atoms with Crippen molar-refractivity contribution in [3.63, 3.8) is 0 Å². The lowest BCUT2D eigenvalue weighted by Gasteiger charge is -2.10. The molecule has 0 fully saturated rings. The summed E-state index contributed by atoms with van der Waals surface area (Å²) in [6.45, 7) is 3.53. The van der Waals surface area contributed by atoms with E-state index in [0.29, 0.717) is 5.69 Å². The molecule has 0 saturated carbocycles. The normalized spacial score (nSPS) is 11.0. The molecular weight excluding hydrogens is 380 g/mol. The molecule has 0 bridgehead atoms. The topological polar surface area (TPSA) is 81.6 Å². The average Bonchev–Trinajstić information content (AvgIpc) is 3.34.